The number of carbonyl (C=O) groups is 3. The summed E-state index contributed by atoms with van der Waals surface area (Å²) < 4.78 is 16.9. The lowest BCUT2D eigenvalue weighted by molar-refractivity contribution is -0.167. The van der Waals surface area contributed by atoms with Crippen LogP contribution >= 0.6 is 0 Å². The Kier molecular flexibility index (Phi) is 59.3. The largest absolute Gasteiger partial charge is 0.462 e. The molecule has 0 rings (SSSR count). The Morgan fingerprint density at radius 1 is 0.284 bits per heavy atom. The molecule has 6 nitrogen and oxygen atoms in total. The van der Waals surface area contributed by atoms with Crippen LogP contribution in [0.5, 0.6) is 0 Å². The molecule has 0 aliphatic carbocycles. The first kappa shape index (κ1) is 70.6. The lowest BCUT2D eigenvalue weighted by Crippen LogP contribution is -2.30. The van der Waals surface area contributed by atoms with Crippen molar-refractivity contribution >= 4 is 17.9 Å². The molecule has 0 N–H and O–H groups in total. The quantitative estimate of drug-likeness (QED) is 0.0261. The first-order valence-electron chi connectivity index (χ1n) is 31.6. The summed E-state index contributed by atoms with van der Waals surface area (Å²) in [5, 5.41) is 0. The van der Waals surface area contributed by atoms with Crippen LogP contribution in [0.15, 0.2) is 85.1 Å². The monoisotopic (exact) mass is 1030 g/mol. The Morgan fingerprint density at radius 3 is 0.865 bits per heavy atom. The first-order valence-corrected chi connectivity index (χ1v) is 31.6. The third-order valence-corrected chi connectivity index (χ3v) is 13.6. The second-order valence-corrected chi connectivity index (χ2v) is 20.9. The molecule has 0 aliphatic rings. The minimum absolute atomic E-state index is 0.0799. The van der Waals surface area contributed by atoms with Gasteiger partial charge in [-0.2, -0.15) is 0 Å². The maximum atomic E-state index is 12.8. The van der Waals surface area contributed by atoms with Crippen molar-refractivity contribution in [2.24, 2.45) is 0 Å². The molecule has 0 spiro atoms. The summed E-state index contributed by atoms with van der Waals surface area (Å²) >= 11 is 0. The van der Waals surface area contributed by atoms with Gasteiger partial charge in [0.2, 0.25) is 0 Å². The summed E-state index contributed by atoms with van der Waals surface area (Å²) in [7, 11) is 0. The van der Waals surface area contributed by atoms with E-state index in [0.717, 1.165) is 109 Å². The number of hydrogen-bond acceptors (Lipinski definition) is 6. The van der Waals surface area contributed by atoms with E-state index in [1.54, 1.807) is 0 Å². The predicted molar refractivity (Wildman–Crippen MR) is 321 cm³/mol. The minimum atomic E-state index is -0.782. The Morgan fingerprint density at radius 2 is 0.527 bits per heavy atom. The van der Waals surface area contributed by atoms with Crippen molar-refractivity contribution in [1.29, 1.82) is 0 Å². The van der Waals surface area contributed by atoms with Gasteiger partial charge in [0.15, 0.2) is 6.10 Å². The van der Waals surface area contributed by atoms with E-state index < -0.39 is 6.10 Å². The van der Waals surface area contributed by atoms with E-state index >= 15 is 0 Å². The molecule has 1 unspecified atom stereocenters. The minimum Gasteiger partial charge on any atom is -0.462 e. The van der Waals surface area contributed by atoms with Crippen LogP contribution in [0.3, 0.4) is 0 Å². The SMILES string of the molecule is CC/C=C\C/C=C\C/C=C\C/C=C\C/C=C\CCCCCCCCCCCCCCCCCC(=O)OCC(COC(=O)CCCCCCC/C=C\CCCCC)OC(=O)CCCCCCC/C=C\CCCCCC. The molecule has 74 heavy (non-hydrogen) atoms. The van der Waals surface area contributed by atoms with E-state index in [0.29, 0.717) is 19.3 Å². The smallest absolute Gasteiger partial charge is 0.306 e. The van der Waals surface area contributed by atoms with Crippen LogP contribution in [-0.4, -0.2) is 37.2 Å². The van der Waals surface area contributed by atoms with Gasteiger partial charge in [0.05, 0.1) is 0 Å². The molecular formula is C68H118O6. The van der Waals surface area contributed by atoms with Gasteiger partial charge in [0.1, 0.15) is 13.2 Å². The number of esters is 3. The van der Waals surface area contributed by atoms with Crippen molar-refractivity contribution in [1.82, 2.24) is 0 Å². The maximum Gasteiger partial charge on any atom is 0.306 e. The highest BCUT2D eigenvalue weighted by Gasteiger charge is 2.19. The second-order valence-electron chi connectivity index (χ2n) is 20.9. The highest BCUT2D eigenvalue weighted by molar-refractivity contribution is 5.71. The van der Waals surface area contributed by atoms with Gasteiger partial charge in [-0.3, -0.25) is 14.4 Å². The molecule has 0 bridgehead atoms. The van der Waals surface area contributed by atoms with Crippen molar-refractivity contribution in [2.75, 3.05) is 13.2 Å². The Labute approximate surface area is 458 Å². The molecule has 0 aromatic heterocycles. The summed E-state index contributed by atoms with van der Waals surface area (Å²) in [6.07, 6.45) is 81.7. The number of rotatable bonds is 57. The zero-order chi connectivity index (χ0) is 53.6. The molecule has 0 aromatic rings. The Balaban J connectivity index is 4.15. The first-order chi connectivity index (χ1) is 36.5. The van der Waals surface area contributed by atoms with E-state index in [1.165, 1.54) is 161 Å². The summed E-state index contributed by atoms with van der Waals surface area (Å²) in [5.41, 5.74) is 0. The second kappa shape index (κ2) is 62.1. The molecule has 0 saturated heterocycles. The molecular weight excluding hydrogens is 913 g/mol. The van der Waals surface area contributed by atoms with Gasteiger partial charge < -0.3 is 14.2 Å². The molecule has 0 heterocycles. The van der Waals surface area contributed by atoms with E-state index in [2.05, 4.69) is 106 Å². The van der Waals surface area contributed by atoms with Gasteiger partial charge in [-0.05, 0) is 116 Å². The fraction of sp³-hybridized carbons (Fsp3) is 0.750. The third-order valence-electron chi connectivity index (χ3n) is 13.6. The van der Waals surface area contributed by atoms with Crippen molar-refractivity contribution < 1.29 is 28.6 Å². The van der Waals surface area contributed by atoms with Gasteiger partial charge in [-0.1, -0.05) is 260 Å². The van der Waals surface area contributed by atoms with Gasteiger partial charge in [-0.25, -0.2) is 0 Å². The standard InChI is InChI=1S/C68H118O6/c1-4-7-10-13-16-19-22-25-26-27-28-29-30-31-32-33-34-35-36-37-38-39-40-41-42-44-46-49-52-55-58-61-67(70)73-64-65(63-72-66(69)60-57-54-51-48-45-24-21-18-15-12-9-6-3)74-68(71)62-59-56-53-50-47-43-23-20-17-14-11-8-5-2/h7,10,16,18-21,23,25-26,28-29,31-32,65H,4-6,8-9,11-15,17,22,24,27,30,33-64H2,1-3H3/b10-7-,19-16-,21-18-,23-20-,26-25-,29-28-,32-31-. The molecule has 0 amide bonds. The van der Waals surface area contributed by atoms with Gasteiger partial charge in [0, 0.05) is 19.3 Å². The van der Waals surface area contributed by atoms with E-state index in [-0.39, 0.29) is 31.1 Å². The highest BCUT2D eigenvalue weighted by atomic mass is 16.6. The zero-order valence-corrected chi connectivity index (χ0v) is 48.8. The van der Waals surface area contributed by atoms with Crippen LogP contribution in [0, 0.1) is 0 Å². The van der Waals surface area contributed by atoms with Crippen LogP contribution in [0.1, 0.15) is 310 Å². The van der Waals surface area contributed by atoms with Crippen LogP contribution in [0.25, 0.3) is 0 Å². The fourth-order valence-electron chi connectivity index (χ4n) is 8.87. The summed E-state index contributed by atoms with van der Waals surface area (Å²) in [6, 6.07) is 0. The molecule has 0 aliphatic heterocycles. The van der Waals surface area contributed by atoms with Crippen molar-refractivity contribution in [2.45, 2.75) is 316 Å². The molecule has 0 aromatic carbocycles. The Hall–Kier alpha value is -3.41. The molecule has 0 saturated carbocycles. The summed E-state index contributed by atoms with van der Waals surface area (Å²) in [4.78, 5) is 38.2. The normalized spacial score (nSPS) is 12.6. The maximum absolute atomic E-state index is 12.8. The Bertz CT molecular complexity index is 1420. The highest BCUT2D eigenvalue weighted by Crippen LogP contribution is 2.16. The molecule has 0 radical (unpaired) electrons. The van der Waals surface area contributed by atoms with Crippen LogP contribution in [0.2, 0.25) is 0 Å². The lowest BCUT2D eigenvalue weighted by atomic mass is 10.0. The third kappa shape index (κ3) is 59.5. The van der Waals surface area contributed by atoms with Crippen molar-refractivity contribution in [3.63, 3.8) is 0 Å². The average molecular weight is 1030 g/mol. The number of unbranched alkanes of at least 4 members (excludes halogenated alkanes) is 32. The summed E-state index contributed by atoms with van der Waals surface area (Å²) in [5.74, 6) is -0.889. The van der Waals surface area contributed by atoms with E-state index in [1.807, 2.05) is 0 Å². The number of hydrogen-bond donors (Lipinski definition) is 0. The van der Waals surface area contributed by atoms with Crippen LogP contribution in [0.4, 0.5) is 0 Å². The zero-order valence-electron chi connectivity index (χ0n) is 48.8. The molecule has 426 valence electrons. The summed E-state index contributed by atoms with van der Waals surface area (Å²) in [6.45, 7) is 6.49. The topological polar surface area (TPSA) is 78.9 Å². The lowest BCUT2D eigenvalue weighted by Gasteiger charge is -2.18. The van der Waals surface area contributed by atoms with Gasteiger partial charge in [0.25, 0.3) is 0 Å². The number of allylic oxidation sites excluding steroid dienone is 14. The van der Waals surface area contributed by atoms with Crippen LogP contribution < -0.4 is 0 Å². The van der Waals surface area contributed by atoms with Crippen LogP contribution in [-0.2, 0) is 28.6 Å². The van der Waals surface area contributed by atoms with Gasteiger partial charge >= 0.3 is 17.9 Å². The van der Waals surface area contributed by atoms with Crippen molar-refractivity contribution in [3.05, 3.63) is 85.1 Å². The molecule has 1 atom stereocenters. The number of ether oxygens (including phenoxy) is 3. The fourth-order valence-corrected chi connectivity index (χ4v) is 8.87. The van der Waals surface area contributed by atoms with E-state index in [4.69, 9.17) is 14.2 Å². The van der Waals surface area contributed by atoms with Crippen molar-refractivity contribution in [3.8, 4) is 0 Å². The van der Waals surface area contributed by atoms with Gasteiger partial charge in [-0.15, -0.1) is 0 Å². The predicted octanol–water partition coefficient (Wildman–Crippen LogP) is 21.5. The average Bonchev–Trinajstić information content (AvgIpc) is 3.40. The molecule has 6 heteroatoms. The molecule has 0 fully saturated rings. The van der Waals surface area contributed by atoms with E-state index in [9.17, 15) is 14.4 Å². The number of carbonyl (C=O) groups excluding carboxylic acids is 3.